The first kappa shape index (κ1) is 20.9. The molecular formula is C24H32F2N2. The van der Waals surface area contributed by atoms with E-state index >= 15 is 0 Å². The molecule has 152 valence electrons. The number of nitrogens with zero attached hydrogens (tertiary/aromatic N) is 1. The number of nitrogens with one attached hydrogen (secondary N) is 1. The second-order valence-electron chi connectivity index (χ2n) is 7.92. The van der Waals surface area contributed by atoms with Crippen molar-refractivity contribution in [3.63, 3.8) is 0 Å². The quantitative estimate of drug-likeness (QED) is 0.706. The molecule has 0 unspecified atom stereocenters. The molecule has 28 heavy (non-hydrogen) atoms. The Bertz CT molecular complexity index is 611. The molecule has 1 aliphatic heterocycles. The van der Waals surface area contributed by atoms with Crippen LogP contribution in [0.25, 0.3) is 0 Å². The minimum atomic E-state index is -2.11. The predicted octanol–water partition coefficient (Wildman–Crippen LogP) is 5.49. The van der Waals surface area contributed by atoms with E-state index in [1.54, 1.807) is 0 Å². The van der Waals surface area contributed by atoms with E-state index in [9.17, 15) is 8.78 Å². The van der Waals surface area contributed by atoms with Crippen molar-refractivity contribution in [2.75, 3.05) is 13.1 Å². The smallest absolute Gasteiger partial charge is 0.243 e. The van der Waals surface area contributed by atoms with Gasteiger partial charge in [-0.05, 0) is 24.0 Å². The Kier molecular flexibility index (Phi) is 8.43. The third kappa shape index (κ3) is 6.68. The van der Waals surface area contributed by atoms with Gasteiger partial charge in [-0.2, -0.15) is 0 Å². The molecule has 1 saturated heterocycles. The number of rotatable bonds is 6. The Morgan fingerprint density at radius 2 is 1.29 bits per heavy atom. The van der Waals surface area contributed by atoms with Gasteiger partial charge in [0.2, 0.25) is 6.43 Å². The van der Waals surface area contributed by atoms with Crippen molar-refractivity contribution < 1.29 is 8.78 Å². The molecule has 0 radical (unpaired) electrons. The van der Waals surface area contributed by atoms with Crippen LogP contribution in [0.5, 0.6) is 0 Å². The first-order valence-corrected chi connectivity index (χ1v) is 10.5. The van der Waals surface area contributed by atoms with Gasteiger partial charge >= 0.3 is 0 Å². The highest BCUT2D eigenvalue weighted by Crippen LogP contribution is 2.25. The zero-order valence-electron chi connectivity index (χ0n) is 16.6. The fourth-order valence-electron chi connectivity index (χ4n) is 3.89. The molecule has 4 heteroatoms. The topological polar surface area (TPSA) is 15.3 Å². The highest BCUT2D eigenvalue weighted by atomic mass is 19.3. The van der Waals surface area contributed by atoms with Crippen LogP contribution in [0, 0.1) is 5.92 Å². The summed E-state index contributed by atoms with van der Waals surface area (Å²) < 4.78 is 22.9. The van der Waals surface area contributed by atoms with E-state index in [1.165, 1.54) is 43.2 Å². The van der Waals surface area contributed by atoms with E-state index in [0.717, 1.165) is 19.1 Å². The summed E-state index contributed by atoms with van der Waals surface area (Å²) in [6, 6.07) is 22.6. The number of halogens is 2. The van der Waals surface area contributed by atoms with Crippen LogP contribution in [0.4, 0.5) is 8.78 Å². The van der Waals surface area contributed by atoms with Crippen LogP contribution in [0.2, 0.25) is 0 Å². The summed E-state index contributed by atoms with van der Waals surface area (Å²) in [5.41, 5.74) is 2.86. The summed E-state index contributed by atoms with van der Waals surface area (Å²) in [6.07, 6.45) is 4.82. The van der Waals surface area contributed by atoms with Crippen molar-refractivity contribution >= 4 is 0 Å². The molecule has 0 spiro atoms. The van der Waals surface area contributed by atoms with Crippen LogP contribution in [0.15, 0.2) is 60.7 Å². The van der Waals surface area contributed by atoms with E-state index in [0.29, 0.717) is 13.1 Å². The highest BCUT2D eigenvalue weighted by Gasteiger charge is 2.25. The minimum absolute atomic E-state index is 0.361. The first-order chi connectivity index (χ1) is 13.7. The number of hydrogen-bond acceptors (Lipinski definition) is 2. The van der Waals surface area contributed by atoms with Gasteiger partial charge in [-0.15, -0.1) is 0 Å². The molecule has 1 N–H and O–H groups in total. The standard InChI is InChI=1S/C20H25N.C4H7F2N/c1-4-10-18(11-5-1)16-21(20-14-8-3-9-15-20)17-19-12-6-2-7-13-19;5-4(6)3-1-7-2-3/h1-2,4-7,10-13,20H,3,8-9,14-17H2;3-4,7H,1-2H2. The Hall–Kier alpha value is -1.78. The maximum atomic E-state index is 11.4. The monoisotopic (exact) mass is 386 g/mol. The first-order valence-electron chi connectivity index (χ1n) is 10.5. The average Bonchev–Trinajstić information content (AvgIpc) is 2.69. The van der Waals surface area contributed by atoms with Crippen LogP contribution in [-0.2, 0) is 13.1 Å². The van der Waals surface area contributed by atoms with Gasteiger partial charge in [-0.3, -0.25) is 4.90 Å². The molecule has 1 saturated carbocycles. The lowest BCUT2D eigenvalue weighted by Gasteiger charge is -2.34. The van der Waals surface area contributed by atoms with Gasteiger partial charge in [0, 0.05) is 38.1 Å². The maximum absolute atomic E-state index is 11.4. The van der Waals surface area contributed by atoms with E-state index in [-0.39, 0.29) is 5.92 Å². The van der Waals surface area contributed by atoms with Gasteiger partial charge in [0.1, 0.15) is 0 Å². The molecule has 1 aliphatic carbocycles. The highest BCUT2D eigenvalue weighted by molar-refractivity contribution is 5.17. The maximum Gasteiger partial charge on any atom is 0.243 e. The van der Waals surface area contributed by atoms with Crippen molar-refractivity contribution in [1.29, 1.82) is 0 Å². The lowest BCUT2D eigenvalue weighted by molar-refractivity contribution is 0.0485. The zero-order valence-corrected chi connectivity index (χ0v) is 16.6. The second kappa shape index (κ2) is 11.3. The molecule has 1 heterocycles. The van der Waals surface area contributed by atoms with Crippen LogP contribution in [0.1, 0.15) is 43.2 Å². The van der Waals surface area contributed by atoms with Crippen molar-refractivity contribution in [3.8, 4) is 0 Å². The van der Waals surface area contributed by atoms with Crippen molar-refractivity contribution in [3.05, 3.63) is 71.8 Å². The summed E-state index contributed by atoms with van der Waals surface area (Å²) in [7, 11) is 0. The molecule has 4 rings (SSSR count). The average molecular weight is 387 g/mol. The summed E-state index contributed by atoms with van der Waals surface area (Å²) in [5.74, 6) is -0.361. The third-order valence-corrected chi connectivity index (χ3v) is 5.72. The van der Waals surface area contributed by atoms with E-state index in [1.807, 2.05) is 0 Å². The zero-order chi connectivity index (χ0) is 19.6. The largest absolute Gasteiger partial charge is 0.316 e. The Morgan fingerprint density at radius 1 is 0.786 bits per heavy atom. The SMILES string of the molecule is FC(F)C1CNC1.c1ccc(CN(Cc2ccccc2)C2CCCCC2)cc1. The summed E-state index contributed by atoms with van der Waals surface area (Å²) in [6.45, 7) is 3.14. The van der Waals surface area contributed by atoms with Crippen LogP contribution in [-0.4, -0.2) is 30.5 Å². The van der Waals surface area contributed by atoms with Gasteiger partial charge in [-0.25, -0.2) is 8.78 Å². The van der Waals surface area contributed by atoms with Crippen LogP contribution >= 0.6 is 0 Å². The Labute approximate surface area is 168 Å². The normalized spacial score (nSPS) is 17.9. The molecule has 2 fully saturated rings. The van der Waals surface area contributed by atoms with Gasteiger partial charge in [0.25, 0.3) is 0 Å². The molecule has 0 atom stereocenters. The fourth-order valence-corrected chi connectivity index (χ4v) is 3.89. The number of hydrogen-bond donors (Lipinski definition) is 1. The fraction of sp³-hybridized carbons (Fsp3) is 0.500. The van der Waals surface area contributed by atoms with Crippen molar-refractivity contribution in [2.45, 2.75) is 57.7 Å². The molecule has 0 aromatic heterocycles. The second-order valence-corrected chi connectivity index (χ2v) is 7.92. The Balaban J connectivity index is 0.000000271. The van der Waals surface area contributed by atoms with Crippen LogP contribution < -0.4 is 5.32 Å². The lowest BCUT2D eigenvalue weighted by Crippen LogP contribution is -2.45. The Morgan fingerprint density at radius 3 is 1.64 bits per heavy atom. The molecule has 2 nitrogen and oxygen atoms in total. The van der Waals surface area contributed by atoms with Crippen molar-refractivity contribution in [1.82, 2.24) is 10.2 Å². The predicted molar refractivity (Wildman–Crippen MR) is 111 cm³/mol. The van der Waals surface area contributed by atoms with E-state index < -0.39 is 6.43 Å². The summed E-state index contributed by atoms with van der Waals surface area (Å²) in [4.78, 5) is 2.68. The molecule has 2 aliphatic rings. The summed E-state index contributed by atoms with van der Waals surface area (Å²) >= 11 is 0. The van der Waals surface area contributed by atoms with E-state index in [2.05, 4.69) is 70.9 Å². The molecule has 2 aromatic rings. The van der Waals surface area contributed by atoms with Crippen LogP contribution in [0.3, 0.4) is 0 Å². The minimum Gasteiger partial charge on any atom is -0.316 e. The molecule has 2 aromatic carbocycles. The third-order valence-electron chi connectivity index (χ3n) is 5.72. The molecular weight excluding hydrogens is 354 g/mol. The van der Waals surface area contributed by atoms with Gasteiger partial charge in [0.05, 0.1) is 0 Å². The van der Waals surface area contributed by atoms with Gasteiger partial charge in [0.15, 0.2) is 0 Å². The summed E-state index contributed by atoms with van der Waals surface area (Å²) in [5, 5.41) is 2.76. The number of alkyl halides is 2. The van der Waals surface area contributed by atoms with E-state index in [4.69, 9.17) is 0 Å². The molecule has 0 amide bonds. The van der Waals surface area contributed by atoms with Crippen molar-refractivity contribution in [2.24, 2.45) is 5.92 Å². The van der Waals surface area contributed by atoms with Gasteiger partial charge in [-0.1, -0.05) is 79.9 Å². The van der Waals surface area contributed by atoms with Gasteiger partial charge < -0.3 is 5.32 Å². The number of benzene rings is 2. The molecule has 0 bridgehead atoms. The lowest BCUT2D eigenvalue weighted by atomic mass is 9.93.